The topological polar surface area (TPSA) is 94.8 Å². The summed E-state index contributed by atoms with van der Waals surface area (Å²) in [5, 5.41) is 5.85. The molecule has 310 valence electrons. The second kappa shape index (κ2) is 15.9. The highest BCUT2D eigenvalue weighted by Gasteiger charge is 2.23. The van der Waals surface area contributed by atoms with Gasteiger partial charge >= 0.3 is 0 Å². The molecule has 0 spiro atoms. The first-order valence-corrected chi connectivity index (χ1v) is 21.7. The molecule has 8 nitrogen and oxygen atoms in total. The van der Waals surface area contributed by atoms with Crippen LogP contribution in [0, 0.1) is 0 Å². The fourth-order valence-corrected chi connectivity index (χ4v) is 9.65. The number of anilines is 1. The molecule has 64 heavy (non-hydrogen) atoms. The summed E-state index contributed by atoms with van der Waals surface area (Å²) < 4.78 is 6.99. The molecule has 0 aliphatic heterocycles. The average molecular weight is 831 g/mol. The zero-order valence-corrected chi connectivity index (χ0v) is 35.7. The van der Waals surface area contributed by atoms with E-state index >= 15 is 0 Å². The molecule has 8 heteroatoms. The van der Waals surface area contributed by atoms with Gasteiger partial charge in [-0.1, -0.05) is 133 Å². The second-order valence-corrected chi connectivity index (χ2v) is 16.2. The van der Waals surface area contributed by atoms with Crippen LogP contribution in [0.3, 0.4) is 0 Å². The Labute approximate surface area is 371 Å². The highest BCUT2D eigenvalue weighted by molar-refractivity contribution is 6.21. The highest BCUT2D eigenvalue weighted by atomic mass is 15.2. The number of fused-ring (bicyclic) bond motifs is 9. The van der Waals surface area contributed by atoms with Gasteiger partial charge in [-0.15, -0.1) is 0 Å². The Hall–Kier alpha value is -8.20. The molecule has 3 aromatic heterocycles. The molecule has 7 aromatic carbocycles. The maximum absolute atomic E-state index is 6.91. The lowest BCUT2D eigenvalue weighted by atomic mass is 9.99. The summed E-state index contributed by atoms with van der Waals surface area (Å²) in [6.07, 6.45) is 11.2. The molecule has 0 unspecified atom stereocenters. The lowest BCUT2D eigenvalue weighted by Crippen LogP contribution is -2.23. The summed E-state index contributed by atoms with van der Waals surface area (Å²) in [5.41, 5.74) is 26.7. The molecule has 0 fully saturated rings. The Morgan fingerprint density at radius 3 is 2.00 bits per heavy atom. The zero-order valence-electron chi connectivity index (χ0n) is 35.7. The predicted molar refractivity (Wildman–Crippen MR) is 270 cm³/mol. The summed E-state index contributed by atoms with van der Waals surface area (Å²) in [4.78, 5) is 11.9. The van der Waals surface area contributed by atoms with Crippen LogP contribution < -0.4 is 16.4 Å². The zero-order chi connectivity index (χ0) is 43.3. The summed E-state index contributed by atoms with van der Waals surface area (Å²) in [7, 11) is 1.98. The van der Waals surface area contributed by atoms with Crippen LogP contribution in [-0.4, -0.2) is 39.0 Å². The molecule has 3 heterocycles. The van der Waals surface area contributed by atoms with Crippen LogP contribution in [-0.2, 0) is 6.42 Å². The molecular formula is C56H46N8. The molecule has 0 atom stereocenters. The van der Waals surface area contributed by atoms with Crippen LogP contribution in [0.2, 0.25) is 0 Å². The molecule has 1 aliphatic rings. The van der Waals surface area contributed by atoms with Gasteiger partial charge in [0.25, 0.3) is 0 Å². The Balaban J connectivity index is 0.990. The molecule has 1 aliphatic carbocycles. The van der Waals surface area contributed by atoms with Crippen molar-refractivity contribution in [2.24, 2.45) is 21.5 Å². The highest BCUT2D eigenvalue weighted by Crippen LogP contribution is 2.42. The van der Waals surface area contributed by atoms with Crippen molar-refractivity contribution in [3.05, 3.63) is 205 Å². The van der Waals surface area contributed by atoms with Crippen molar-refractivity contribution in [2.45, 2.75) is 13.3 Å². The fourth-order valence-electron chi connectivity index (χ4n) is 9.65. The molecule has 11 rings (SSSR count). The average Bonchev–Trinajstić information content (AvgIpc) is 3.88. The normalized spacial score (nSPS) is 13.5. The molecule has 10 aromatic rings. The molecule has 0 amide bonds. The fraction of sp³-hybridized carbons (Fsp3) is 0.0714. The Kier molecular flexibility index (Phi) is 9.63. The minimum atomic E-state index is 0.125. The first-order chi connectivity index (χ1) is 31.5. The largest absolute Gasteiger partial charge is 0.384 e. The van der Waals surface area contributed by atoms with Crippen molar-refractivity contribution in [1.82, 2.24) is 13.7 Å². The van der Waals surface area contributed by atoms with Crippen molar-refractivity contribution in [3.63, 3.8) is 0 Å². The van der Waals surface area contributed by atoms with Gasteiger partial charge in [-0.2, -0.15) is 0 Å². The van der Waals surface area contributed by atoms with Crippen LogP contribution in [0.4, 0.5) is 5.69 Å². The summed E-state index contributed by atoms with van der Waals surface area (Å²) in [6.45, 7) is 2.14. The number of amidine groups is 1. The molecule has 0 saturated carbocycles. The van der Waals surface area contributed by atoms with E-state index in [1.807, 2.05) is 24.9 Å². The number of hydrogen-bond acceptors (Lipinski definition) is 4. The maximum atomic E-state index is 6.91. The van der Waals surface area contributed by atoms with E-state index in [9.17, 15) is 0 Å². The van der Waals surface area contributed by atoms with Crippen LogP contribution >= 0.6 is 0 Å². The second-order valence-electron chi connectivity index (χ2n) is 16.2. The Morgan fingerprint density at radius 2 is 1.23 bits per heavy atom. The number of allylic oxidation sites excluding steroid dienone is 3. The number of aliphatic imine (C=N–C) groups is 2. The Bertz CT molecular complexity index is 3600. The van der Waals surface area contributed by atoms with Gasteiger partial charge in [0.05, 0.1) is 40.3 Å². The van der Waals surface area contributed by atoms with E-state index in [1.165, 1.54) is 27.4 Å². The van der Waals surface area contributed by atoms with Crippen molar-refractivity contribution < 1.29 is 0 Å². The van der Waals surface area contributed by atoms with Crippen LogP contribution in [0.15, 0.2) is 204 Å². The standard InChI is InChI=1S/C56H46N8/c1-37(62-49-31-16-13-25-42(49)46-34-53-47(33-52(46)62)43-26-14-17-32-50(43)63(53)38-19-6-3-7-20-38)60-55(35-57)59-36-54(58)61(2)48-29-15-12-24-40(48)44-27-18-28-45-41-23-10-5-11-30-51(41)64(56(44)45)39-21-8-4-9-22-39/h3-29,31-34,36H,30,35,57-58H2,1-2H3/b54-36+,59-55?,60-37?. The number of para-hydroxylation sites is 6. The van der Waals surface area contributed by atoms with Gasteiger partial charge in [-0.25, -0.2) is 9.98 Å². The van der Waals surface area contributed by atoms with Crippen LogP contribution in [0.1, 0.15) is 18.2 Å². The lowest BCUT2D eigenvalue weighted by Gasteiger charge is -2.23. The number of benzene rings is 7. The Morgan fingerprint density at radius 1 is 0.625 bits per heavy atom. The van der Waals surface area contributed by atoms with Crippen molar-refractivity contribution >= 4 is 77.9 Å². The van der Waals surface area contributed by atoms with E-state index in [1.54, 1.807) is 6.20 Å². The van der Waals surface area contributed by atoms with E-state index in [-0.39, 0.29) is 6.54 Å². The minimum Gasteiger partial charge on any atom is -0.384 e. The van der Waals surface area contributed by atoms with E-state index in [0.29, 0.717) is 11.7 Å². The predicted octanol–water partition coefficient (Wildman–Crippen LogP) is 12.1. The minimum absolute atomic E-state index is 0.125. The van der Waals surface area contributed by atoms with Crippen LogP contribution in [0.25, 0.3) is 83.1 Å². The maximum Gasteiger partial charge on any atom is 0.144 e. The third-order valence-corrected chi connectivity index (χ3v) is 12.5. The summed E-state index contributed by atoms with van der Waals surface area (Å²) in [6, 6.07) is 57.9. The van der Waals surface area contributed by atoms with E-state index in [4.69, 9.17) is 21.5 Å². The number of rotatable bonds is 7. The van der Waals surface area contributed by atoms with E-state index in [2.05, 4.69) is 196 Å². The van der Waals surface area contributed by atoms with Crippen molar-refractivity contribution in [2.75, 3.05) is 18.5 Å². The SMILES string of the molecule is CC(=NC(CN)=N/C=C(\N)N(C)c1ccccc1-c1cccc2c3c(n(-c4ccccc4)c12)CC=CC=C3)n1c2ccccc2c2cc3c(cc21)c1ccccc1n3-c1ccccc1. The van der Waals surface area contributed by atoms with E-state index in [0.717, 1.165) is 78.8 Å². The number of hydrogen-bond donors (Lipinski definition) is 2. The molecule has 0 bridgehead atoms. The number of nitrogens with two attached hydrogens (primary N) is 2. The van der Waals surface area contributed by atoms with Gasteiger partial charge in [-0.05, 0) is 61.5 Å². The van der Waals surface area contributed by atoms with Gasteiger partial charge < -0.3 is 25.5 Å². The van der Waals surface area contributed by atoms with Gasteiger partial charge in [-0.3, -0.25) is 4.57 Å². The van der Waals surface area contributed by atoms with Gasteiger partial charge in [0.2, 0.25) is 0 Å². The summed E-state index contributed by atoms with van der Waals surface area (Å²) >= 11 is 0. The monoisotopic (exact) mass is 830 g/mol. The van der Waals surface area contributed by atoms with Gasteiger partial charge in [0.1, 0.15) is 17.5 Å². The van der Waals surface area contributed by atoms with Gasteiger partial charge in [0, 0.05) is 79.8 Å². The molecule has 0 radical (unpaired) electrons. The molecule has 0 saturated heterocycles. The quantitative estimate of drug-likeness (QED) is 0.124. The smallest absolute Gasteiger partial charge is 0.144 e. The summed E-state index contributed by atoms with van der Waals surface area (Å²) in [5.74, 6) is 1.67. The first kappa shape index (κ1) is 38.7. The van der Waals surface area contributed by atoms with Gasteiger partial charge in [0.15, 0.2) is 0 Å². The van der Waals surface area contributed by atoms with E-state index < -0.39 is 0 Å². The van der Waals surface area contributed by atoms with Crippen molar-refractivity contribution in [3.8, 4) is 22.5 Å². The number of nitrogens with zero attached hydrogens (tertiary/aromatic N) is 6. The molecular weight excluding hydrogens is 785 g/mol. The van der Waals surface area contributed by atoms with Crippen molar-refractivity contribution in [1.29, 1.82) is 0 Å². The number of aromatic nitrogens is 3. The molecule has 4 N–H and O–H groups in total. The third-order valence-electron chi connectivity index (χ3n) is 12.5. The third kappa shape index (κ3) is 6.34. The van der Waals surface area contributed by atoms with Crippen LogP contribution in [0.5, 0.6) is 0 Å². The lowest BCUT2D eigenvalue weighted by molar-refractivity contribution is 1.00. The first-order valence-electron chi connectivity index (χ1n) is 21.7.